The zero-order valence-corrected chi connectivity index (χ0v) is 20.8. The number of fused-ring (bicyclic) bond motifs is 1. The van der Waals surface area contributed by atoms with Crippen LogP contribution in [0.4, 0.5) is 19.0 Å². The first-order valence-electron chi connectivity index (χ1n) is 12.0. The van der Waals surface area contributed by atoms with Crippen molar-refractivity contribution in [1.29, 1.82) is 0 Å². The van der Waals surface area contributed by atoms with Gasteiger partial charge in [0, 0.05) is 19.3 Å². The summed E-state index contributed by atoms with van der Waals surface area (Å²) in [5, 5.41) is 0. The molecule has 4 aromatic rings. The van der Waals surface area contributed by atoms with Crippen LogP contribution in [0, 0.1) is 17.5 Å². The van der Waals surface area contributed by atoms with Gasteiger partial charge < -0.3 is 9.30 Å². The van der Waals surface area contributed by atoms with Gasteiger partial charge in [-0.25, -0.2) is 18.2 Å². The number of ether oxygens (including phenoxy) is 1. The highest BCUT2D eigenvalue weighted by atomic mass is 19.2. The van der Waals surface area contributed by atoms with Crippen molar-refractivity contribution in [3.8, 4) is 16.9 Å². The maximum absolute atomic E-state index is 14.8. The summed E-state index contributed by atoms with van der Waals surface area (Å²) in [7, 11) is 1.80. The summed E-state index contributed by atoms with van der Waals surface area (Å²) in [6, 6.07) is 14.8. The van der Waals surface area contributed by atoms with Gasteiger partial charge in [-0.15, -0.1) is 0 Å². The van der Waals surface area contributed by atoms with Gasteiger partial charge in [-0.1, -0.05) is 24.3 Å². The Labute approximate surface area is 213 Å². The predicted molar refractivity (Wildman–Crippen MR) is 135 cm³/mol. The largest absolute Gasteiger partial charge is 0.494 e. The Morgan fingerprint density at radius 1 is 1.05 bits per heavy atom. The van der Waals surface area contributed by atoms with Crippen LogP contribution in [0.2, 0.25) is 0 Å². The summed E-state index contributed by atoms with van der Waals surface area (Å²) in [5.74, 6) is -2.51. The van der Waals surface area contributed by atoms with Crippen molar-refractivity contribution in [3.05, 3.63) is 101 Å². The quantitative estimate of drug-likeness (QED) is 0.304. The number of halogens is 3. The average molecular weight is 506 g/mol. The van der Waals surface area contributed by atoms with Crippen molar-refractivity contribution in [1.82, 2.24) is 9.55 Å². The van der Waals surface area contributed by atoms with Crippen molar-refractivity contribution in [2.24, 2.45) is 7.05 Å². The van der Waals surface area contributed by atoms with E-state index in [2.05, 4.69) is 4.98 Å². The minimum absolute atomic E-state index is 0.203. The van der Waals surface area contributed by atoms with Crippen molar-refractivity contribution in [2.45, 2.75) is 32.2 Å². The van der Waals surface area contributed by atoms with Crippen LogP contribution in [-0.4, -0.2) is 22.1 Å². The molecule has 8 heteroatoms. The molecule has 0 N–H and O–H groups in total. The van der Waals surface area contributed by atoms with Crippen LogP contribution in [0.25, 0.3) is 11.1 Å². The molecular formula is C29H26F3N3O2. The van der Waals surface area contributed by atoms with E-state index < -0.39 is 22.9 Å². The number of carbonyl (C=O) groups excluding carboxylic acids is 1. The highest BCUT2D eigenvalue weighted by Crippen LogP contribution is 2.41. The van der Waals surface area contributed by atoms with E-state index in [-0.39, 0.29) is 24.4 Å². The molecule has 0 aliphatic carbocycles. The molecule has 0 saturated carbocycles. The first-order chi connectivity index (χ1) is 17.7. The molecule has 2 heterocycles. The average Bonchev–Trinajstić information content (AvgIpc) is 3.31. The van der Waals surface area contributed by atoms with E-state index in [1.54, 1.807) is 31.1 Å². The van der Waals surface area contributed by atoms with Crippen molar-refractivity contribution >= 4 is 11.7 Å². The van der Waals surface area contributed by atoms with Gasteiger partial charge in [-0.2, -0.15) is 0 Å². The molecule has 5 rings (SSSR count). The number of aryl methyl sites for hydroxylation is 1. The molecule has 3 aromatic carbocycles. The van der Waals surface area contributed by atoms with Crippen LogP contribution < -0.4 is 9.64 Å². The fourth-order valence-electron chi connectivity index (χ4n) is 5.01. The molecule has 1 aromatic heterocycles. The van der Waals surface area contributed by atoms with E-state index in [4.69, 9.17) is 4.74 Å². The summed E-state index contributed by atoms with van der Waals surface area (Å²) < 4.78 is 50.4. The van der Waals surface area contributed by atoms with E-state index in [0.29, 0.717) is 24.1 Å². The molecule has 190 valence electrons. The van der Waals surface area contributed by atoms with E-state index in [0.717, 1.165) is 28.5 Å². The second-order valence-electron chi connectivity index (χ2n) is 9.49. The fourth-order valence-corrected chi connectivity index (χ4v) is 5.01. The number of anilines is 1. The third kappa shape index (κ3) is 4.48. The Morgan fingerprint density at radius 3 is 2.57 bits per heavy atom. The van der Waals surface area contributed by atoms with Crippen LogP contribution in [0.3, 0.4) is 0 Å². The molecule has 0 fully saturated rings. The van der Waals surface area contributed by atoms with E-state index in [1.165, 1.54) is 4.90 Å². The smallest absolute Gasteiger partial charge is 0.239 e. The zero-order chi connectivity index (χ0) is 26.3. The monoisotopic (exact) mass is 505 g/mol. The lowest BCUT2D eigenvalue weighted by Gasteiger charge is -2.40. The first kappa shape index (κ1) is 24.6. The van der Waals surface area contributed by atoms with Crippen LogP contribution in [-0.2, 0) is 30.2 Å². The number of hydrogen-bond acceptors (Lipinski definition) is 3. The van der Waals surface area contributed by atoms with Crippen LogP contribution in [0.5, 0.6) is 5.75 Å². The van der Waals surface area contributed by atoms with Gasteiger partial charge in [0.25, 0.3) is 0 Å². The lowest BCUT2D eigenvalue weighted by Crippen LogP contribution is -2.51. The Hall–Kier alpha value is -4.07. The molecule has 0 saturated heterocycles. The minimum Gasteiger partial charge on any atom is -0.494 e. The molecule has 1 unspecified atom stereocenters. The van der Waals surface area contributed by atoms with Crippen LogP contribution >= 0.6 is 0 Å². The Balaban J connectivity index is 1.66. The van der Waals surface area contributed by atoms with Gasteiger partial charge in [-0.05, 0) is 72.4 Å². The molecular weight excluding hydrogens is 479 g/mol. The van der Waals surface area contributed by atoms with Gasteiger partial charge in [0.05, 0.1) is 24.9 Å². The number of aromatic nitrogens is 2. The topological polar surface area (TPSA) is 47.4 Å². The van der Waals surface area contributed by atoms with Gasteiger partial charge in [0.15, 0.2) is 17.5 Å². The summed E-state index contributed by atoms with van der Waals surface area (Å²) in [6.07, 6.45) is 3.08. The van der Waals surface area contributed by atoms with Crippen LogP contribution in [0.1, 0.15) is 30.5 Å². The minimum atomic E-state index is -1.32. The summed E-state index contributed by atoms with van der Waals surface area (Å²) >= 11 is 0. The standard InChI is InChI=1S/C29H26F3N3O2/c1-4-37-23-7-5-6-18(11-23)19-8-9-20-15-35(26-16-34(3)17-33-26)28(36)29(2,24(20)12-19)14-21-10-22(30)13-25(31)27(21)32/h5-13,16-17H,4,14-15H2,1-3H3. The third-order valence-corrected chi connectivity index (χ3v) is 6.81. The highest BCUT2D eigenvalue weighted by molar-refractivity contribution is 6.02. The summed E-state index contributed by atoms with van der Waals surface area (Å²) in [5.41, 5.74) is 1.73. The van der Waals surface area contributed by atoms with Crippen molar-refractivity contribution < 1.29 is 22.7 Å². The number of benzene rings is 3. The van der Waals surface area contributed by atoms with Gasteiger partial charge in [-0.3, -0.25) is 9.69 Å². The molecule has 5 nitrogen and oxygen atoms in total. The molecule has 1 aliphatic rings. The second-order valence-corrected chi connectivity index (χ2v) is 9.49. The van der Waals surface area contributed by atoms with Gasteiger partial charge in [0.2, 0.25) is 5.91 Å². The van der Waals surface area contributed by atoms with Crippen molar-refractivity contribution in [3.63, 3.8) is 0 Å². The Bertz CT molecular complexity index is 1500. The highest BCUT2D eigenvalue weighted by Gasteiger charge is 2.45. The number of rotatable bonds is 6. The zero-order valence-electron chi connectivity index (χ0n) is 20.8. The molecule has 0 radical (unpaired) electrons. The SMILES string of the molecule is CCOc1cccc(-c2ccc3c(c2)C(C)(Cc2cc(F)cc(F)c2F)C(=O)N(c2cn(C)cn2)C3)c1. The summed E-state index contributed by atoms with van der Waals surface area (Å²) in [6.45, 7) is 4.38. The number of nitrogens with zero attached hydrogens (tertiary/aromatic N) is 3. The molecule has 0 bridgehead atoms. The molecule has 1 amide bonds. The fraction of sp³-hybridized carbons (Fsp3) is 0.241. The Kier molecular flexibility index (Phi) is 6.27. The van der Waals surface area contributed by atoms with Crippen molar-refractivity contribution in [2.75, 3.05) is 11.5 Å². The lowest BCUT2D eigenvalue weighted by molar-refractivity contribution is -0.124. The molecule has 37 heavy (non-hydrogen) atoms. The maximum Gasteiger partial charge on any atom is 0.239 e. The number of imidazole rings is 1. The number of hydrogen-bond donors (Lipinski definition) is 0. The second kappa shape index (κ2) is 9.42. The van der Waals surface area contributed by atoms with E-state index in [1.807, 2.05) is 49.4 Å². The van der Waals surface area contributed by atoms with E-state index in [9.17, 15) is 18.0 Å². The van der Waals surface area contributed by atoms with E-state index >= 15 is 0 Å². The number of carbonyl (C=O) groups is 1. The lowest BCUT2D eigenvalue weighted by atomic mass is 9.71. The summed E-state index contributed by atoms with van der Waals surface area (Å²) in [4.78, 5) is 19.9. The Morgan fingerprint density at radius 2 is 1.84 bits per heavy atom. The predicted octanol–water partition coefficient (Wildman–Crippen LogP) is 5.95. The molecule has 1 atom stereocenters. The normalized spacial score (nSPS) is 17.1. The maximum atomic E-state index is 14.8. The van der Waals surface area contributed by atoms with Crippen LogP contribution in [0.15, 0.2) is 67.1 Å². The first-order valence-corrected chi connectivity index (χ1v) is 12.0. The third-order valence-electron chi connectivity index (χ3n) is 6.81. The van der Waals surface area contributed by atoms with Gasteiger partial charge >= 0.3 is 0 Å². The molecule has 1 aliphatic heterocycles. The molecule has 0 spiro atoms. The van der Waals surface area contributed by atoms with Gasteiger partial charge in [0.1, 0.15) is 11.6 Å². The number of amides is 1.